The molecule has 1 aliphatic heterocycles. The smallest absolute Gasteiger partial charge is 0.191 e. The molecule has 0 saturated carbocycles. The number of nitrogens with zero attached hydrogens (tertiary/aromatic N) is 2. The van der Waals surface area contributed by atoms with Crippen molar-refractivity contribution in [1.29, 1.82) is 0 Å². The lowest BCUT2D eigenvalue weighted by molar-refractivity contribution is 0.249. The molecule has 1 aliphatic rings. The van der Waals surface area contributed by atoms with E-state index in [1.54, 1.807) is 13.1 Å². The molecule has 4 nitrogen and oxygen atoms in total. The molecule has 3 rings (SSSR count). The number of thiophene rings is 1. The van der Waals surface area contributed by atoms with Crippen LogP contribution in [-0.4, -0.2) is 44.1 Å². The van der Waals surface area contributed by atoms with Gasteiger partial charge in [-0.2, -0.15) is 0 Å². The van der Waals surface area contributed by atoms with E-state index in [0.29, 0.717) is 19.0 Å². The Morgan fingerprint density at radius 2 is 2.00 bits per heavy atom. The van der Waals surface area contributed by atoms with Crippen LogP contribution in [0.15, 0.2) is 46.8 Å². The summed E-state index contributed by atoms with van der Waals surface area (Å²) in [5, 5.41) is 8.88. The van der Waals surface area contributed by atoms with Crippen LogP contribution in [0.4, 0.5) is 4.39 Å². The van der Waals surface area contributed by atoms with Crippen LogP contribution in [0.5, 0.6) is 0 Å². The summed E-state index contributed by atoms with van der Waals surface area (Å²) in [6.07, 6.45) is 3.18. The molecule has 0 aliphatic carbocycles. The van der Waals surface area contributed by atoms with Gasteiger partial charge in [0.05, 0.1) is 6.04 Å². The third-order valence-electron chi connectivity index (χ3n) is 4.78. The minimum Gasteiger partial charge on any atom is -0.356 e. The van der Waals surface area contributed by atoms with Crippen LogP contribution in [0.1, 0.15) is 29.3 Å². The van der Waals surface area contributed by atoms with Crippen LogP contribution in [0.3, 0.4) is 0 Å². The van der Waals surface area contributed by atoms with Crippen molar-refractivity contribution in [2.45, 2.75) is 25.3 Å². The van der Waals surface area contributed by atoms with Crippen LogP contribution in [0.25, 0.3) is 0 Å². The third kappa shape index (κ3) is 5.05. The number of nitrogens with one attached hydrogen (secondary N) is 2. The summed E-state index contributed by atoms with van der Waals surface area (Å²) < 4.78 is 13.7. The molecule has 1 unspecified atom stereocenters. The van der Waals surface area contributed by atoms with Gasteiger partial charge in [-0.05, 0) is 55.4 Å². The van der Waals surface area contributed by atoms with E-state index in [2.05, 4.69) is 38.0 Å². The first-order chi connectivity index (χ1) is 12.8. The maximum Gasteiger partial charge on any atom is 0.191 e. The highest BCUT2D eigenvalue weighted by molar-refractivity contribution is 7.10. The van der Waals surface area contributed by atoms with Gasteiger partial charge in [0.1, 0.15) is 5.82 Å². The molecular weight excluding hydrogens is 347 g/mol. The molecule has 26 heavy (non-hydrogen) atoms. The zero-order chi connectivity index (χ0) is 18.2. The second kappa shape index (κ2) is 9.69. The number of likely N-dealkylation sites (tertiary alicyclic amines) is 1. The topological polar surface area (TPSA) is 39.7 Å². The Hall–Kier alpha value is -1.92. The zero-order valence-electron chi connectivity index (χ0n) is 15.2. The van der Waals surface area contributed by atoms with Gasteiger partial charge in [0, 0.05) is 25.0 Å². The maximum absolute atomic E-state index is 13.7. The van der Waals surface area contributed by atoms with Crippen LogP contribution < -0.4 is 10.6 Å². The van der Waals surface area contributed by atoms with E-state index in [4.69, 9.17) is 0 Å². The van der Waals surface area contributed by atoms with E-state index < -0.39 is 0 Å². The van der Waals surface area contributed by atoms with Gasteiger partial charge in [-0.3, -0.25) is 9.89 Å². The van der Waals surface area contributed by atoms with Crippen molar-refractivity contribution in [1.82, 2.24) is 15.5 Å². The van der Waals surface area contributed by atoms with Crippen molar-refractivity contribution < 1.29 is 4.39 Å². The summed E-state index contributed by atoms with van der Waals surface area (Å²) in [7, 11) is 1.77. The number of aliphatic imine (C=N–C) groups is 1. The molecule has 1 atom stereocenters. The summed E-state index contributed by atoms with van der Waals surface area (Å²) in [5.41, 5.74) is 0.726. The minimum absolute atomic E-state index is 0.149. The van der Waals surface area contributed by atoms with Crippen LogP contribution in [-0.2, 0) is 6.42 Å². The Balaban J connectivity index is 1.51. The van der Waals surface area contributed by atoms with Gasteiger partial charge in [-0.25, -0.2) is 4.39 Å². The van der Waals surface area contributed by atoms with Crippen molar-refractivity contribution in [2.75, 3.05) is 33.2 Å². The standard InChI is InChI=1S/C20H27FN4S/c1-22-20(23-11-10-16-7-2-3-8-17(16)21)24-15-18(19-9-6-14-26-19)25-12-4-5-13-25/h2-3,6-9,14,18H,4-5,10-13,15H2,1H3,(H2,22,23,24). The van der Waals surface area contributed by atoms with E-state index >= 15 is 0 Å². The van der Waals surface area contributed by atoms with Gasteiger partial charge in [0.25, 0.3) is 0 Å². The number of rotatable bonds is 7. The Bertz CT molecular complexity index is 696. The number of halogens is 1. The summed E-state index contributed by atoms with van der Waals surface area (Å²) in [6.45, 7) is 3.78. The van der Waals surface area contributed by atoms with E-state index in [1.165, 1.54) is 23.8 Å². The number of hydrogen-bond donors (Lipinski definition) is 2. The highest BCUT2D eigenvalue weighted by Gasteiger charge is 2.24. The van der Waals surface area contributed by atoms with Crippen molar-refractivity contribution >= 4 is 17.3 Å². The average molecular weight is 375 g/mol. The average Bonchev–Trinajstić information content (AvgIpc) is 3.36. The molecule has 1 aromatic heterocycles. The molecule has 0 radical (unpaired) electrons. The largest absolute Gasteiger partial charge is 0.356 e. The number of hydrogen-bond acceptors (Lipinski definition) is 3. The van der Waals surface area contributed by atoms with Gasteiger partial charge in [0.15, 0.2) is 5.96 Å². The molecule has 2 N–H and O–H groups in total. The summed E-state index contributed by atoms with van der Waals surface area (Å²) >= 11 is 1.81. The number of guanidine groups is 1. The minimum atomic E-state index is -0.149. The predicted octanol–water partition coefficient (Wildman–Crippen LogP) is 3.43. The predicted molar refractivity (Wildman–Crippen MR) is 107 cm³/mol. The molecule has 0 spiro atoms. The highest BCUT2D eigenvalue weighted by Crippen LogP contribution is 2.27. The first-order valence-electron chi connectivity index (χ1n) is 9.23. The molecule has 1 saturated heterocycles. The lowest BCUT2D eigenvalue weighted by atomic mass is 10.1. The van der Waals surface area contributed by atoms with E-state index in [9.17, 15) is 4.39 Å². The van der Waals surface area contributed by atoms with E-state index in [-0.39, 0.29) is 5.82 Å². The first-order valence-corrected chi connectivity index (χ1v) is 10.1. The summed E-state index contributed by atoms with van der Waals surface area (Å²) in [5.74, 6) is 0.617. The SMILES string of the molecule is CN=C(NCCc1ccccc1F)NCC(c1cccs1)N1CCCC1. The fraction of sp³-hybridized carbons (Fsp3) is 0.450. The van der Waals surface area contributed by atoms with Crippen LogP contribution in [0, 0.1) is 5.82 Å². The van der Waals surface area contributed by atoms with Gasteiger partial charge in [-0.15, -0.1) is 11.3 Å². The van der Waals surface area contributed by atoms with Crippen LogP contribution >= 0.6 is 11.3 Å². The van der Waals surface area contributed by atoms with E-state index in [1.807, 2.05) is 23.5 Å². The quantitative estimate of drug-likeness (QED) is 0.576. The first kappa shape index (κ1) is 18.9. The number of benzene rings is 1. The fourth-order valence-electron chi connectivity index (χ4n) is 3.37. The molecule has 140 valence electrons. The fourth-order valence-corrected chi connectivity index (χ4v) is 4.24. The molecule has 0 amide bonds. The molecule has 2 aromatic rings. The lowest BCUT2D eigenvalue weighted by Crippen LogP contribution is -2.43. The second-order valence-corrected chi connectivity index (χ2v) is 7.47. The van der Waals surface area contributed by atoms with Crippen molar-refractivity contribution in [3.05, 3.63) is 58.0 Å². The van der Waals surface area contributed by atoms with Gasteiger partial charge in [-0.1, -0.05) is 24.3 Å². The zero-order valence-corrected chi connectivity index (χ0v) is 16.1. The summed E-state index contributed by atoms with van der Waals surface area (Å²) in [4.78, 5) is 8.24. The Morgan fingerprint density at radius 1 is 1.19 bits per heavy atom. The summed E-state index contributed by atoms with van der Waals surface area (Å²) in [6, 6.07) is 11.6. The van der Waals surface area contributed by atoms with Crippen molar-refractivity contribution in [3.63, 3.8) is 0 Å². The monoisotopic (exact) mass is 374 g/mol. The third-order valence-corrected chi connectivity index (χ3v) is 5.76. The van der Waals surface area contributed by atoms with Crippen molar-refractivity contribution in [2.24, 2.45) is 4.99 Å². The highest BCUT2D eigenvalue weighted by atomic mass is 32.1. The molecule has 1 fully saturated rings. The van der Waals surface area contributed by atoms with Gasteiger partial charge >= 0.3 is 0 Å². The Morgan fingerprint density at radius 3 is 2.69 bits per heavy atom. The molecular formula is C20H27FN4S. The normalized spacial score (nSPS) is 16.6. The molecule has 6 heteroatoms. The molecule has 0 bridgehead atoms. The Labute approximate surface area is 159 Å². The van der Waals surface area contributed by atoms with E-state index in [0.717, 1.165) is 31.2 Å². The van der Waals surface area contributed by atoms with Crippen LogP contribution in [0.2, 0.25) is 0 Å². The molecule has 1 aromatic carbocycles. The lowest BCUT2D eigenvalue weighted by Gasteiger charge is -2.27. The Kier molecular flexibility index (Phi) is 7.03. The van der Waals surface area contributed by atoms with Gasteiger partial charge in [0.2, 0.25) is 0 Å². The van der Waals surface area contributed by atoms with Gasteiger partial charge < -0.3 is 10.6 Å². The molecule has 2 heterocycles. The van der Waals surface area contributed by atoms with Crippen molar-refractivity contribution in [3.8, 4) is 0 Å². The second-order valence-electron chi connectivity index (χ2n) is 6.50. The maximum atomic E-state index is 13.7.